The maximum atomic E-state index is 5.90. The predicted molar refractivity (Wildman–Crippen MR) is 53.7 cm³/mol. The second-order valence-electron chi connectivity index (χ2n) is 4.43. The van der Waals surface area contributed by atoms with Crippen molar-refractivity contribution in [3.05, 3.63) is 0 Å². The summed E-state index contributed by atoms with van der Waals surface area (Å²) in [4.78, 5) is 0. The van der Waals surface area contributed by atoms with Crippen molar-refractivity contribution in [3.8, 4) is 0 Å². The molecule has 0 amide bonds. The third-order valence-electron chi connectivity index (χ3n) is 2.49. The summed E-state index contributed by atoms with van der Waals surface area (Å²) in [6, 6.07) is 0.337. The highest BCUT2D eigenvalue weighted by Crippen LogP contribution is 2.35. The standard InChI is InChI=1S/C9H19NO.ClH/c1-9(2)5-7(10)4-8(6-9)11-3;/h7-8H,4-6,10H2,1-3H3;1H/t7-,8+;/m0./s1. The van der Waals surface area contributed by atoms with E-state index in [2.05, 4.69) is 13.8 Å². The molecule has 0 radical (unpaired) electrons. The zero-order valence-corrected chi connectivity index (χ0v) is 8.99. The van der Waals surface area contributed by atoms with Gasteiger partial charge in [0.25, 0.3) is 0 Å². The van der Waals surface area contributed by atoms with Crippen molar-refractivity contribution >= 4 is 12.4 Å². The van der Waals surface area contributed by atoms with Crippen LogP contribution >= 0.6 is 12.4 Å². The highest BCUT2D eigenvalue weighted by atomic mass is 35.5. The second-order valence-corrected chi connectivity index (χ2v) is 4.43. The summed E-state index contributed by atoms with van der Waals surface area (Å²) in [5.41, 5.74) is 6.27. The molecule has 0 aromatic rings. The van der Waals surface area contributed by atoms with E-state index < -0.39 is 0 Å². The average Bonchev–Trinajstić information content (AvgIpc) is 1.83. The van der Waals surface area contributed by atoms with Gasteiger partial charge in [0.2, 0.25) is 0 Å². The van der Waals surface area contributed by atoms with Gasteiger partial charge in [0, 0.05) is 13.2 Å². The monoisotopic (exact) mass is 193 g/mol. The lowest BCUT2D eigenvalue weighted by molar-refractivity contribution is 0.0179. The maximum absolute atomic E-state index is 5.90. The number of halogens is 1. The summed E-state index contributed by atoms with van der Waals surface area (Å²) in [6.45, 7) is 4.52. The third-order valence-corrected chi connectivity index (χ3v) is 2.49. The molecule has 0 spiro atoms. The number of hydrogen-bond donors (Lipinski definition) is 1. The van der Waals surface area contributed by atoms with Gasteiger partial charge >= 0.3 is 0 Å². The minimum atomic E-state index is 0. The van der Waals surface area contributed by atoms with Crippen molar-refractivity contribution in [3.63, 3.8) is 0 Å². The van der Waals surface area contributed by atoms with Crippen molar-refractivity contribution in [1.82, 2.24) is 0 Å². The van der Waals surface area contributed by atoms with Crippen LogP contribution in [0.1, 0.15) is 33.1 Å². The van der Waals surface area contributed by atoms with Gasteiger partial charge in [-0.3, -0.25) is 0 Å². The van der Waals surface area contributed by atoms with E-state index in [1.807, 2.05) is 0 Å². The maximum Gasteiger partial charge on any atom is 0.0591 e. The van der Waals surface area contributed by atoms with Gasteiger partial charge in [-0.1, -0.05) is 13.8 Å². The Morgan fingerprint density at radius 1 is 1.33 bits per heavy atom. The van der Waals surface area contributed by atoms with Crippen LogP contribution in [0.4, 0.5) is 0 Å². The van der Waals surface area contributed by atoms with Crippen LogP contribution in [0.2, 0.25) is 0 Å². The van der Waals surface area contributed by atoms with Gasteiger partial charge in [-0.25, -0.2) is 0 Å². The molecule has 74 valence electrons. The summed E-state index contributed by atoms with van der Waals surface area (Å²) < 4.78 is 5.32. The lowest BCUT2D eigenvalue weighted by Gasteiger charge is -2.37. The normalized spacial score (nSPS) is 34.0. The van der Waals surface area contributed by atoms with Gasteiger partial charge < -0.3 is 10.5 Å². The van der Waals surface area contributed by atoms with E-state index in [0.717, 1.165) is 19.3 Å². The van der Waals surface area contributed by atoms with E-state index in [-0.39, 0.29) is 12.4 Å². The van der Waals surface area contributed by atoms with E-state index in [4.69, 9.17) is 10.5 Å². The summed E-state index contributed by atoms with van der Waals surface area (Å²) in [7, 11) is 1.78. The summed E-state index contributed by atoms with van der Waals surface area (Å²) >= 11 is 0. The SMILES string of the molecule is CO[C@@H]1C[C@H](N)CC(C)(C)C1.Cl. The largest absolute Gasteiger partial charge is 0.381 e. The van der Waals surface area contributed by atoms with Crippen LogP contribution in [-0.2, 0) is 4.74 Å². The molecule has 2 nitrogen and oxygen atoms in total. The third kappa shape index (κ3) is 3.30. The highest BCUT2D eigenvalue weighted by molar-refractivity contribution is 5.85. The summed E-state index contributed by atoms with van der Waals surface area (Å²) in [5, 5.41) is 0. The Bertz CT molecular complexity index is 138. The molecule has 0 saturated heterocycles. The molecular weight excluding hydrogens is 174 g/mol. The average molecular weight is 194 g/mol. The Morgan fingerprint density at radius 2 is 1.92 bits per heavy atom. The molecule has 0 heterocycles. The molecular formula is C9H20ClNO. The van der Waals surface area contributed by atoms with Crippen LogP contribution < -0.4 is 5.73 Å². The Balaban J connectivity index is 0.00000121. The van der Waals surface area contributed by atoms with E-state index in [9.17, 15) is 0 Å². The van der Waals surface area contributed by atoms with Crippen molar-refractivity contribution in [2.75, 3.05) is 7.11 Å². The quantitative estimate of drug-likeness (QED) is 0.691. The molecule has 0 aromatic carbocycles. The first-order valence-corrected chi connectivity index (χ1v) is 4.32. The van der Waals surface area contributed by atoms with Crippen LogP contribution in [0.5, 0.6) is 0 Å². The number of methoxy groups -OCH3 is 1. The molecule has 1 aliphatic rings. The van der Waals surface area contributed by atoms with Crippen molar-refractivity contribution < 1.29 is 4.74 Å². The molecule has 0 unspecified atom stereocenters. The molecule has 1 rings (SSSR count). The van der Waals surface area contributed by atoms with E-state index in [1.165, 1.54) is 0 Å². The Kier molecular flexibility index (Phi) is 4.53. The van der Waals surface area contributed by atoms with E-state index in [1.54, 1.807) is 7.11 Å². The van der Waals surface area contributed by atoms with Crippen molar-refractivity contribution in [2.45, 2.75) is 45.3 Å². The van der Waals surface area contributed by atoms with Gasteiger partial charge in [0.15, 0.2) is 0 Å². The molecule has 2 N–H and O–H groups in total. The van der Waals surface area contributed by atoms with Crippen LogP contribution in [-0.4, -0.2) is 19.3 Å². The number of ether oxygens (including phenoxy) is 1. The minimum absolute atomic E-state index is 0. The second kappa shape index (κ2) is 4.45. The molecule has 0 aromatic heterocycles. The Hall–Kier alpha value is 0.210. The molecule has 3 heteroatoms. The Morgan fingerprint density at radius 3 is 2.33 bits per heavy atom. The van der Waals surface area contributed by atoms with Crippen LogP contribution in [0, 0.1) is 5.41 Å². The van der Waals surface area contributed by atoms with Crippen LogP contribution in [0.25, 0.3) is 0 Å². The molecule has 2 atom stereocenters. The van der Waals surface area contributed by atoms with Crippen LogP contribution in [0.3, 0.4) is 0 Å². The highest BCUT2D eigenvalue weighted by Gasteiger charge is 2.32. The van der Waals surface area contributed by atoms with E-state index in [0.29, 0.717) is 17.6 Å². The van der Waals surface area contributed by atoms with Gasteiger partial charge in [-0.2, -0.15) is 0 Å². The molecule has 1 saturated carbocycles. The summed E-state index contributed by atoms with van der Waals surface area (Å²) in [6.07, 6.45) is 3.69. The fraction of sp³-hybridized carbons (Fsp3) is 1.00. The summed E-state index contributed by atoms with van der Waals surface area (Å²) in [5.74, 6) is 0. The van der Waals surface area contributed by atoms with Gasteiger partial charge in [0.1, 0.15) is 0 Å². The molecule has 1 aliphatic carbocycles. The van der Waals surface area contributed by atoms with Gasteiger partial charge in [-0.05, 0) is 24.7 Å². The van der Waals surface area contributed by atoms with Crippen LogP contribution in [0.15, 0.2) is 0 Å². The first kappa shape index (κ1) is 12.2. The van der Waals surface area contributed by atoms with Crippen molar-refractivity contribution in [2.24, 2.45) is 11.1 Å². The first-order chi connectivity index (χ1) is 5.03. The number of nitrogens with two attached hydrogens (primary N) is 1. The Labute approximate surface area is 81.3 Å². The van der Waals surface area contributed by atoms with E-state index >= 15 is 0 Å². The first-order valence-electron chi connectivity index (χ1n) is 4.32. The molecule has 0 bridgehead atoms. The lowest BCUT2D eigenvalue weighted by atomic mass is 9.74. The minimum Gasteiger partial charge on any atom is -0.381 e. The zero-order chi connectivity index (χ0) is 8.48. The molecule has 12 heavy (non-hydrogen) atoms. The fourth-order valence-electron chi connectivity index (χ4n) is 2.09. The molecule has 0 aliphatic heterocycles. The number of rotatable bonds is 1. The predicted octanol–water partition coefficient (Wildman–Crippen LogP) is 1.96. The number of hydrogen-bond acceptors (Lipinski definition) is 2. The lowest BCUT2D eigenvalue weighted by Crippen LogP contribution is -2.40. The van der Waals surface area contributed by atoms with Gasteiger partial charge in [-0.15, -0.1) is 12.4 Å². The zero-order valence-electron chi connectivity index (χ0n) is 8.17. The van der Waals surface area contributed by atoms with Crippen molar-refractivity contribution in [1.29, 1.82) is 0 Å². The fourth-order valence-corrected chi connectivity index (χ4v) is 2.09. The smallest absolute Gasteiger partial charge is 0.0591 e. The van der Waals surface area contributed by atoms with Gasteiger partial charge in [0.05, 0.1) is 6.10 Å². The topological polar surface area (TPSA) is 35.2 Å². The molecule has 1 fully saturated rings.